The minimum absolute atomic E-state index is 0.0228. The summed E-state index contributed by atoms with van der Waals surface area (Å²) in [5.41, 5.74) is 6.32. The molecule has 0 aliphatic rings. The van der Waals surface area contributed by atoms with Gasteiger partial charge in [0.05, 0.1) is 4.99 Å². The van der Waals surface area contributed by atoms with E-state index in [0.717, 1.165) is 5.56 Å². The number of benzene rings is 1. The maximum Gasteiger partial charge on any atom is 0.221 e. The number of rotatable bonds is 6. The topological polar surface area (TPSA) is 72.2 Å². The molecule has 0 bridgehead atoms. The molecule has 0 saturated carbocycles. The van der Waals surface area contributed by atoms with Gasteiger partial charge in [0.1, 0.15) is 5.25 Å². The highest BCUT2D eigenvalue weighted by Gasteiger charge is 2.26. The Hall–Kier alpha value is -0.980. The second-order valence-corrected chi connectivity index (χ2v) is 6.58. The molecule has 18 heavy (non-hydrogen) atoms. The van der Waals surface area contributed by atoms with E-state index in [2.05, 4.69) is 4.72 Å². The zero-order chi connectivity index (χ0) is 13.8. The van der Waals surface area contributed by atoms with Crippen LogP contribution in [-0.4, -0.2) is 18.7 Å². The molecule has 2 unspecified atom stereocenters. The molecule has 6 heteroatoms. The first-order chi connectivity index (χ1) is 8.38. The summed E-state index contributed by atoms with van der Waals surface area (Å²) < 4.78 is 26.7. The lowest BCUT2D eigenvalue weighted by Gasteiger charge is -2.20. The highest BCUT2D eigenvalue weighted by Crippen LogP contribution is 2.18. The van der Waals surface area contributed by atoms with E-state index in [0.29, 0.717) is 6.42 Å². The van der Waals surface area contributed by atoms with E-state index in [1.807, 2.05) is 37.3 Å². The van der Waals surface area contributed by atoms with Crippen molar-refractivity contribution in [2.45, 2.75) is 31.6 Å². The molecule has 3 N–H and O–H groups in total. The number of nitrogens with one attached hydrogen (secondary N) is 1. The Labute approximate surface area is 114 Å². The Morgan fingerprint density at radius 3 is 2.39 bits per heavy atom. The van der Waals surface area contributed by atoms with Crippen molar-refractivity contribution >= 4 is 27.2 Å². The molecule has 0 aromatic heterocycles. The maximum atomic E-state index is 12.0. The molecule has 0 aliphatic carbocycles. The Morgan fingerprint density at radius 1 is 1.39 bits per heavy atom. The molecule has 0 spiro atoms. The predicted molar refractivity (Wildman–Crippen MR) is 77.8 cm³/mol. The van der Waals surface area contributed by atoms with Crippen LogP contribution >= 0.6 is 12.2 Å². The third-order valence-corrected chi connectivity index (χ3v) is 5.08. The molecule has 4 nitrogen and oxygen atoms in total. The van der Waals surface area contributed by atoms with E-state index in [4.69, 9.17) is 18.0 Å². The van der Waals surface area contributed by atoms with Gasteiger partial charge in [0.2, 0.25) is 10.0 Å². The standard InChI is InChI=1S/C12H18N2O2S2/c1-3-11(10-7-5-4-6-8-10)14-18(15,16)9(2)12(13)17/h4-9,11,14H,3H2,1-2H3,(H2,13,17). The zero-order valence-corrected chi connectivity index (χ0v) is 12.1. The van der Waals surface area contributed by atoms with Crippen molar-refractivity contribution in [3.05, 3.63) is 35.9 Å². The van der Waals surface area contributed by atoms with Crippen molar-refractivity contribution in [2.24, 2.45) is 5.73 Å². The number of nitrogens with two attached hydrogens (primary N) is 1. The van der Waals surface area contributed by atoms with E-state index in [-0.39, 0.29) is 11.0 Å². The van der Waals surface area contributed by atoms with Crippen LogP contribution in [0, 0.1) is 0 Å². The smallest absolute Gasteiger partial charge is 0.221 e. The van der Waals surface area contributed by atoms with Crippen LogP contribution in [0.4, 0.5) is 0 Å². The summed E-state index contributed by atoms with van der Waals surface area (Å²) in [4.78, 5) is -0.0228. The molecule has 0 heterocycles. The molecule has 100 valence electrons. The van der Waals surface area contributed by atoms with Crippen molar-refractivity contribution in [1.82, 2.24) is 4.72 Å². The van der Waals surface area contributed by atoms with Crippen LogP contribution in [-0.2, 0) is 10.0 Å². The van der Waals surface area contributed by atoms with Gasteiger partial charge in [-0.25, -0.2) is 13.1 Å². The quantitative estimate of drug-likeness (QED) is 0.781. The fourth-order valence-corrected chi connectivity index (χ4v) is 3.12. The highest BCUT2D eigenvalue weighted by atomic mass is 32.2. The fraction of sp³-hybridized carbons (Fsp3) is 0.417. The third kappa shape index (κ3) is 3.76. The Bertz CT molecular complexity index is 500. The van der Waals surface area contributed by atoms with Gasteiger partial charge in [-0.2, -0.15) is 0 Å². The zero-order valence-electron chi connectivity index (χ0n) is 10.5. The van der Waals surface area contributed by atoms with Gasteiger partial charge in [-0.1, -0.05) is 49.5 Å². The Kier molecular flexibility index (Phi) is 5.25. The van der Waals surface area contributed by atoms with Gasteiger partial charge < -0.3 is 5.73 Å². The average molecular weight is 286 g/mol. The molecule has 0 aliphatic heterocycles. The lowest BCUT2D eigenvalue weighted by atomic mass is 10.1. The van der Waals surface area contributed by atoms with Crippen molar-refractivity contribution < 1.29 is 8.42 Å². The van der Waals surface area contributed by atoms with Crippen LogP contribution in [0.25, 0.3) is 0 Å². The Balaban J connectivity index is 2.91. The van der Waals surface area contributed by atoms with E-state index in [1.165, 1.54) is 6.92 Å². The lowest BCUT2D eigenvalue weighted by Crippen LogP contribution is -2.41. The summed E-state index contributed by atoms with van der Waals surface area (Å²) in [7, 11) is -3.54. The summed E-state index contributed by atoms with van der Waals surface area (Å²) in [6.07, 6.45) is 0.660. The molecular weight excluding hydrogens is 268 g/mol. The van der Waals surface area contributed by atoms with Crippen LogP contribution in [0.3, 0.4) is 0 Å². The SMILES string of the molecule is CCC(NS(=O)(=O)C(C)C(N)=S)c1ccccc1. The second kappa shape index (κ2) is 6.26. The first-order valence-corrected chi connectivity index (χ1v) is 7.69. The van der Waals surface area contributed by atoms with Gasteiger partial charge in [-0.15, -0.1) is 0 Å². The second-order valence-electron chi connectivity index (χ2n) is 4.08. The molecule has 1 aromatic rings. The van der Waals surface area contributed by atoms with Crippen molar-refractivity contribution in [2.75, 3.05) is 0 Å². The number of thiocarbonyl (C=S) groups is 1. The van der Waals surface area contributed by atoms with E-state index >= 15 is 0 Å². The van der Waals surface area contributed by atoms with Gasteiger partial charge in [-0.3, -0.25) is 0 Å². The van der Waals surface area contributed by atoms with E-state index in [9.17, 15) is 8.42 Å². The van der Waals surface area contributed by atoms with Gasteiger partial charge in [-0.05, 0) is 18.9 Å². The number of hydrogen-bond acceptors (Lipinski definition) is 3. The van der Waals surface area contributed by atoms with Crippen LogP contribution < -0.4 is 10.5 Å². The van der Waals surface area contributed by atoms with Crippen molar-refractivity contribution in [3.8, 4) is 0 Å². The number of hydrogen-bond donors (Lipinski definition) is 2. The normalized spacial score (nSPS) is 15.0. The summed E-state index contributed by atoms with van der Waals surface area (Å²) in [6.45, 7) is 3.41. The number of sulfonamides is 1. The molecule has 0 fully saturated rings. The molecular formula is C12H18N2O2S2. The summed E-state index contributed by atoms with van der Waals surface area (Å²) >= 11 is 4.73. The third-order valence-electron chi connectivity index (χ3n) is 2.78. The van der Waals surface area contributed by atoms with E-state index in [1.54, 1.807) is 0 Å². The van der Waals surface area contributed by atoms with Crippen LogP contribution in [0.15, 0.2) is 30.3 Å². The average Bonchev–Trinajstić information content (AvgIpc) is 2.36. The highest BCUT2D eigenvalue weighted by molar-refractivity contribution is 7.93. The first kappa shape index (κ1) is 15.1. The van der Waals surface area contributed by atoms with Gasteiger partial charge in [0.25, 0.3) is 0 Å². The lowest BCUT2D eigenvalue weighted by molar-refractivity contribution is 0.547. The molecule has 2 atom stereocenters. The molecule has 1 aromatic carbocycles. The minimum Gasteiger partial charge on any atom is -0.392 e. The van der Waals surface area contributed by atoms with Crippen LogP contribution in [0.1, 0.15) is 31.9 Å². The monoisotopic (exact) mass is 286 g/mol. The first-order valence-electron chi connectivity index (χ1n) is 5.74. The summed E-state index contributed by atoms with van der Waals surface area (Å²) in [5, 5.41) is -0.870. The molecule has 0 radical (unpaired) electrons. The summed E-state index contributed by atoms with van der Waals surface area (Å²) in [5.74, 6) is 0. The van der Waals surface area contributed by atoms with Crippen LogP contribution in [0.2, 0.25) is 0 Å². The predicted octanol–water partition coefficient (Wildman–Crippen LogP) is 1.73. The minimum atomic E-state index is -3.54. The largest absolute Gasteiger partial charge is 0.392 e. The Morgan fingerprint density at radius 2 is 1.94 bits per heavy atom. The van der Waals surface area contributed by atoms with Gasteiger partial charge >= 0.3 is 0 Å². The summed E-state index contributed by atoms with van der Waals surface area (Å²) in [6, 6.07) is 9.17. The fourth-order valence-electron chi connectivity index (χ4n) is 1.53. The van der Waals surface area contributed by atoms with Gasteiger partial charge in [0.15, 0.2) is 0 Å². The maximum absolute atomic E-state index is 12.0. The van der Waals surface area contributed by atoms with E-state index < -0.39 is 15.3 Å². The molecule has 0 amide bonds. The van der Waals surface area contributed by atoms with Crippen molar-refractivity contribution in [1.29, 1.82) is 0 Å². The molecule has 0 saturated heterocycles. The molecule has 1 rings (SSSR count). The van der Waals surface area contributed by atoms with Crippen LogP contribution in [0.5, 0.6) is 0 Å². The van der Waals surface area contributed by atoms with Crippen molar-refractivity contribution in [3.63, 3.8) is 0 Å². The van der Waals surface area contributed by atoms with Gasteiger partial charge in [0, 0.05) is 6.04 Å².